The number of hydrogen-bond donors (Lipinski definition) is 0. The van der Waals surface area contributed by atoms with Crippen LogP contribution in [0, 0.1) is 0 Å². The van der Waals surface area contributed by atoms with Crippen molar-refractivity contribution in [3.05, 3.63) is 68.7 Å². The molecule has 1 atom stereocenters. The second-order valence-electron chi connectivity index (χ2n) is 6.24. The molecule has 3 rings (SSSR count). The maximum Gasteiger partial charge on any atom is 0.254 e. The van der Waals surface area contributed by atoms with E-state index in [-0.39, 0.29) is 24.0 Å². The molecule has 8 heteroatoms. The van der Waals surface area contributed by atoms with E-state index in [1.54, 1.807) is 47.4 Å². The van der Waals surface area contributed by atoms with Crippen molar-refractivity contribution in [1.29, 1.82) is 0 Å². The second-order valence-corrected chi connectivity index (χ2v) is 9.74. The van der Waals surface area contributed by atoms with Crippen molar-refractivity contribution in [3.63, 3.8) is 0 Å². The second kappa shape index (κ2) is 7.77. The third-order valence-electron chi connectivity index (χ3n) is 4.34. The molecule has 4 nitrogen and oxygen atoms in total. The molecule has 1 aliphatic heterocycles. The molecule has 0 aromatic heterocycles. The Hall–Kier alpha value is -1.27. The van der Waals surface area contributed by atoms with Crippen molar-refractivity contribution in [2.75, 3.05) is 11.5 Å². The van der Waals surface area contributed by atoms with Gasteiger partial charge in [0.1, 0.15) is 0 Å². The van der Waals surface area contributed by atoms with Crippen LogP contribution in [-0.2, 0) is 16.4 Å². The highest BCUT2D eigenvalue weighted by atomic mass is 35.5. The number of carbonyl (C=O) groups excluding carboxylic acids is 1. The molecule has 1 fully saturated rings. The number of nitrogens with zero attached hydrogens (tertiary/aromatic N) is 1. The van der Waals surface area contributed by atoms with Gasteiger partial charge in [-0.1, -0.05) is 46.9 Å². The van der Waals surface area contributed by atoms with Crippen LogP contribution < -0.4 is 0 Å². The molecule has 1 amide bonds. The molecular weight excluding hydrogens is 417 g/mol. The number of sulfone groups is 1. The van der Waals surface area contributed by atoms with Gasteiger partial charge in [0.25, 0.3) is 5.91 Å². The largest absolute Gasteiger partial charge is 0.330 e. The molecule has 1 aliphatic rings. The highest BCUT2D eigenvalue weighted by Crippen LogP contribution is 2.27. The van der Waals surface area contributed by atoms with E-state index in [0.717, 1.165) is 0 Å². The highest BCUT2D eigenvalue weighted by Gasteiger charge is 2.35. The average Bonchev–Trinajstić information content (AvgIpc) is 2.93. The van der Waals surface area contributed by atoms with Crippen molar-refractivity contribution >= 4 is 50.5 Å². The fourth-order valence-electron chi connectivity index (χ4n) is 3.01. The van der Waals surface area contributed by atoms with Gasteiger partial charge in [-0.2, -0.15) is 0 Å². The first-order valence-electron chi connectivity index (χ1n) is 7.96. The van der Waals surface area contributed by atoms with E-state index in [1.165, 1.54) is 0 Å². The summed E-state index contributed by atoms with van der Waals surface area (Å²) in [6, 6.07) is 11.2. The van der Waals surface area contributed by atoms with Gasteiger partial charge < -0.3 is 4.90 Å². The molecule has 0 radical (unpaired) electrons. The first kappa shape index (κ1) is 19.5. The van der Waals surface area contributed by atoms with Crippen LogP contribution in [0.2, 0.25) is 15.1 Å². The fourth-order valence-corrected chi connectivity index (χ4v) is 5.40. The molecule has 0 saturated carbocycles. The maximum absolute atomic E-state index is 13.1. The number of rotatable bonds is 4. The molecule has 0 unspecified atom stereocenters. The molecular formula is C18H16Cl3NO3S. The van der Waals surface area contributed by atoms with Gasteiger partial charge in [-0.25, -0.2) is 8.42 Å². The van der Waals surface area contributed by atoms with Crippen molar-refractivity contribution < 1.29 is 13.2 Å². The van der Waals surface area contributed by atoms with Crippen molar-refractivity contribution in [2.24, 2.45) is 0 Å². The van der Waals surface area contributed by atoms with Crippen molar-refractivity contribution in [3.8, 4) is 0 Å². The SMILES string of the molecule is O=C(c1cccc(Cl)c1)N(Cc1ccc(Cl)cc1Cl)[C@H]1CCS(=O)(=O)C1. The van der Waals surface area contributed by atoms with E-state index in [0.29, 0.717) is 32.6 Å². The van der Waals surface area contributed by atoms with Crippen molar-refractivity contribution in [2.45, 2.75) is 19.0 Å². The summed E-state index contributed by atoms with van der Waals surface area (Å²) < 4.78 is 23.8. The van der Waals surface area contributed by atoms with Crippen LogP contribution >= 0.6 is 34.8 Å². The molecule has 2 aromatic rings. The topological polar surface area (TPSA) is 54.5 Å². The molecule has 1 heterocycles. The number of hydrogen-bond acceptors (Lipinski definition) is 3. The van der Waals surface area contributed by atoms with E-state index >= 15 is 0 Å². The third kappa shape index (κ3) is 4.52. The molecule has 0 N–H and O–H groups in total. The lowest BCUT2D eigenvalue weighted by atomic mass is 10.1. The number of halogens is 3. The van der Waals surface area contributed by atoms with Crippen LogP contribution in [0.1, 0.15) is 22.3 Å². The maximum atomic E-state index is 13.1. The van der Waals surface area contributed by atoms with Gasteiger partial charge in [-0.3, -0.25) is 4.79 Å². The summed E-state index contributed by atoms with van der Waals surface area (Å²) in [6.45, 7) is 0.196. The monoisotopic (exact) mass is 431 g/mol. The van der Waals surface area contributed by atoms with Crippen molar-refractivity contribution in [1.82, 2.24) is 4.90 Å². The van der Waals surface area contributed by atoms with E-state index in [2.05, 4.69) is 0 Å². The Labute approximate surface area is 167 Å². The Balaban J connectivity index is 1.95. The van der Waals surface area contributed by atoms with Gasteiger partial charge >= 0.3 is 0 Å². The molecule has 26 heavy (non-hydrogen) atoms. The molecule has 0 spiro atoms. The van der Waals surface area contributed by atoms with Crippen LogP contribution in [0.5, 0.6) is 0 Å². The highest BCUT2D eigenvalue weighted by molar-refractivity contribution is 7.91. The zero-order chi connectivity index (χ0) is 18.9. The lowest BCUT2D eigenvalue weighted by molar-refractivity contribution is 0.0681. The summed E-state index contributed by atoms with van der Waals surface area (Å²) >= 11 is 18.2. The van der Waals surface area contributed by atoms with E-state index in [9.17, 15) is 13.2 Å². The van der Waals surface area contributed by atoms with Gasteiger partial charge in [0, 0.05) is 33.2 Å². The Morgan fingerprint density at radius 3 is 2.42 bits per heavy atom. The summed E-state index contributed by atoms with van der Waals surface area (Å²) in [7, 11) is -3.15. The first-order chi connectivity index (χ1) is 12.2. The Kier molecular flexibility index (Phi) is 5.82. The van der Waals surface area contributed by atoms with E-state index < -0.39 is 15.9 Å². The minimum Gasteiger partial charge on any atom is -0.330 e. The van der Waals surface area contributed by atoms with Gasteiger partial charge in [-0.15, -0.1) is 0 Å². The predicted octanol–water partition coefficient (Wildman–Crippen LogP) is 4.48. The zero-order valence-electron chi connectivity index (χ0n) is 13.7. The standard InChI is InChI=1S/C18H16Cl3NO3S/c19-14-3-1-2-12(8-14)18(23)22(16-6-7-26(24,25)11-16)10-13-4-5-15(20)9-17(13)21/h1-5,8-9,16H,6-7,10-11H2/t16-/m0/s1. The molecule has 0 aliphatic carbocycles. The first-order valence-corrected chi connectivity index (χ1v) is 10.9. The van der Waals surface area contributed by atoms with Crippen LogP contribution in [0.25, 0.3) is 0 Å². The fraction of sp³-hybridized carbons (Fsp3) is 0.278. The summed E-state index contributed by atoms with van der Waals surface area (Å²) in [5, 5.41) is 1.37. The lowest BCUT2D eigenvalue weighted by Crippen LogP contribution is -2.40. The summed E-state index contributed by atoms with van der Waals surface area (Å²) in [5.41, 5.74) is 1.11. The molecule has 138 valence electrons. The summed E-state index contributed by atoms with van der Waals surface area (Å²) in [5.74, 6) is -0.254. The smallest absolute Gasteiger partial charge is 0.254 e. The van der Waals surface area contributed by atoms with Crippen LogP contribution in [0.15, 0.2) is 42.5 Å². The average molecular weight is 433 g/mol. The Morgan fingerprint density at radius 2 is 1.81 bits per heavy atom. The molecule has 2 aromatic carbocycles. The quantitative estimate of drug-likeness (QED) is 0.716. The number of carbonyl (C=O) groups is 1. The number of benzene rings is 2. The summed E-state index contributed by atoms with van der Waals surface area (Å²) in [6.07, 6.45) is 0.403. The lowest BCUT2D eigenvalue weighted by Gasteiger charge is -2.29. The van der Waals surface area contributed by atoms with Crippen LogP contribution in [0.4, 0.5) is 0 Å². The van der Waals surface area contributed by atoms with E-state index in [4.69, 9.17) is 34.8 Å². The molecule has 1 saturated heterocycles. The Morgan fingerprint density at radius 1 is 1.08 bits per heavy atom. The van der Waals surface area contributed by atoms with Gasteiger partial charge in [-0.05, 0) is 42.3 Å². The summed E-state index contributed by atoms with van der Waals surface area (Å²) in [4.78, 5) is 14.6. The van der Waals surface area contributed by atoms with Gasteiger partial charge in [0.15, 0.2) is 9.84 Å². The van der Waals surface area contributed by atoms with Crippen LogP contribution in [0.3, 0.4) is 0 Å². The third-order valence-corrected chi connectivity index (χ3v) is 6.91. The van der Waals surface area contributed by atoms with E-state index in [1.807, 2.05) is 0 Å². The normalized spacial score (nSPS) is 18.7. The minimum atomic E-state index is -3.15. The Bertz CT molecular complexity index is 946. The minimum absolute atomic E-state index is 0.0511. The van der Waals surface area contributed by atoms with Crippen LogP contribution in [-0.4, -0.2) is 36.8 Å². The molecule has 0 bridgehead atoms. The van der Waals surface area contributed by atoms with Gasteiger partial charge in [0.05, 0.1) is 11.5 Å². The number of amides is 1. The zero-order valence-corrected chi connectivity index (χ0v) is 16.7. The predicted molar refractivity (Wildman–Crippen MR) is 105 cm³/mol. The van der Waals surface area contributed by atoms with Gasteiger partial charge in [0.2, 0.25) is 0 Å².